The zero-order valence-electron chi connectivity index (χ0n) is 29.0. The van der Waals surface area contributed by atoms with Gasteiger partial charge in [-0.15, -0.1) is 5.10 Å². The van der Waals surface area contributed by atoms with Crippen LogP contribution in [-0.4, -0.2) is 62.1 Å². The Bertz CT molecular complexity index is 1450. The van der Waals surface area contributed by atoms with Crippen molar-refractivity contribution in [1.29, 1.82) is 0 Å². The first-order chi connectivity index (χ1) is 22.7. The molecule has 0 aliphatic heterocycles. The number of para-hydroxylation sites is 1. The second-order valence-corrected chi connectivity index (χ2v) is 14.1. The van der Waals surface area contributed by atoms with Gasteiger partial charge in [0.05, 0.1) is 25.6 Å². The van der Waals surface area contributed by atoms with E-state index in [0.717, 1.165) is 66.7 Å². The SMILES string of the molecule is C=N/N=C(/C(CC(=C)CCN(CCC)C(=O)C12CC3CC(CC1C3)C2)c1cccc(OC)c1OC)N(CCc1ccccc1)C(=C)C. The lowest BCUT2D eigenvalue weighted by atomic mass is 9.74. The largest absolute Gasteiger partial charge is 0.493 e. The number of allylic oxidation sites excluding steroid dienone is 1. The molecule has 2 aromatic carbocycles. The monoisotopic (exact) mass is 638 g/mol. The normalized spacial score (nSPS) is 23.3. The first kappa shape index (κ1) is 34.5. The number of hydrogen-bond acceptors (Lipinski definition) is 5. The maximum Gasteiger partial charge on any atom is 0.229 e. The van der Waals surface area contributed by atoms with Crippen molar-refractivity contribution in [3.8, 4) is 11.5 Å². The van der Waals surface area contributed by atoms with Crippen LogP contribution < -0.4 is 9.47 Å². The topological polar surface area (TPSA) is 66.7 Å². The van der Waals surface area contributed by atoms with Crippen molar-refractivity contribution < 1.29 is 14.3 Å². The second kappa shape index (κ2) is 15.4. The summed E-state index contributed by atoms with van der Waals surface area (Å²) in [6.07, 6.45) is 9.11. The Kier molecular flexibility index (Phi) is 11.3. The van der Waals surface area contributed by atoms with Crippen molar-refractivity contribution in [2.45, 2.75) is 77.6 Å². The van der Waals surface area contributed by atoms with Crippen LogP contribution in [0.15, 0.2) is 83.2 Å². The van der Waals surface area contributed by atoms with E-state index in [1.165, 1.54) is 24.8 Å². The Labute approximate surface area is 282 Å². The number of amides is 1. The summed E-state index contributed by atoms with van der Waals surface area (Å²) in [6, 6.07) is 16.4. The molecule has 1 amide bonds. The van der Waals surface area contributed by atoms with Crippen LogP contribution in [-0.2, 0) is 11.2 Å². The number of carbonyl (C=O) groups is 1. The van der Waals surface area contributed by atoms with Gasteiger partial charge in [0.1, 0.15) is 5.84 Å². The molecule has 3 atom stereocenters. The highest BCUT2D eigenvalue weighted by atomic mass is 16.5. The summed E-state index contributed by atoms with van der Waals surface area (Å²) in [5.74, 6) is 4.27. The van der Waals surface area contributed by atoms with Crippen molar-refractivity contribution in [3.63, 3.8) is 0 Å². The highest BCUT2D eigenvalue weighted by molar-refractivity contribution is 5.91. The van der Waals surface area contributed by atoms with Gasteiger partial charge in [0, 0.05) is 37.6 Å². The highest BCUT2D eigenvalue weighted by Gasteiger charge is 2.62. The first-order valence-electron chi connectivity index (χ1n) is 17.4. The van der Waals surface area contributed by atoms with Gasteiger partial charge in [0.25, 0.3) is 0 Å². The molecule has 252 valence electrons. The number of nitrogens with zero attached hydrogens (tertiary/aromatic N) is 4. The second-order valence-electron chi connectivity index (χ2n) is 14.1. The molecule has 0 radical (unpaired) electrons. The standard InChI is InChI=1S/C40H54N4O3/c1-8-19-43(39(45)40-26-31-23-32(27-40)25-33(40)24-31)20-17-29(4)22-35(34-15-12-16-36(46-6)37(34)47-7)38(42-41-5)44(28(2)3)21-18-30-13-10-9-11-14-30/h9-16,31-33,35H,2,4-5,8,17-27H2,1,3,6-7H3/b42-38-. The van der Waals surface area contributed by atoms with E-state index < -0.39 is 0 Å². The van der Waals surface area contributed by atoms with Gasteiger partial charge in [-0.2, -0.15) is 5.10 Å². The number of amidine groups is 1. The van der Waals surface area contributed by atoms with Crippen molar-refractivity contribution in [3.05, 3.63) is 84.1 Å². The molecule has 6 rings (SSSR count). The van der Waals surface area contributed by atoms with E-state index in [4.69, 9.17) is 9.47 Å². The fourth-order valence-electron chi connectivity index (χ4n) is 9.03. The molecule has 0 heterocycles. The smallest absolute Gasteiger partial charge is 0.229 e. The Morgan fingerprint density at radius 2 is 1.70 bits per heavy atom. The lowest BCUT2D eigenvalue weighted by molar-refractivity contribution is -0.144. The molecular weight excluding hydrogens is 584 g/mol. The van der Waals surface area contributed by atoms with Crippen LogP contribution >= 0.6 is 0 Å². The molecule has 0 N–H and O–H groups in total. The van der Waals surface area contributed by atoms with E-state index in [9.17, 15) is 4.79 Å². The summed E-state index contributed by atoms with van der Waals surface area (Å²) in [7, 11) is 3.32. The van der Waals surface area contributed by atoms with E-state index in [-0.39, 0.29) is 11.3 Å². The number of ether oxygens (including phenoxy) is 2. The molecule has 0 aromatic heterocycles. The Morgan fingerprint density at radius 3 is 2.32 bits per heavy atom. The average molecular weight is 639 g/mol. The number of rotatable bonds is 17. The molecule has 4 fully saturated rings. The average Bonchev–Trinajstić information content (AvgIpc) is 3.48. The maximum atomic E-state index is 14.3. The molecule has 4 bridgehead atoms. The molecule has 4 saturated carbocycles. The van der Waals surface area contributed by atoms with Gasteiger partial charge < -0.3 is 19.3 Å². The molecule has 4 aliphatic rings. The van der Waals surface area contributed by atoms with E-state index >= 15 is 0 Å². The molecule has 0 saturated heterocycles. The first-order valence-corrected chi connectivity index (χ1v) is 17.4. The Balaban J connectivity index is 1.40. The molecule has 47 heavy (non-hydrogen) atoms. The molecule has 4 aliphatic carbocycles. The van der Waals surface area contributed by atoms with Crippen LogP contribution in [0.5, 0.6) is 11.5 Å². The van der Waals surface area contributed by atoms with Gasteiger partial charge in [0.15, 0.2) is 11.5 Å². The Morgan fingerprint density at radius 1 is 0.979 bits per heavy atom. The van der Waals surface area contributed by atoms with Crippen molar-refractivity contribution in [1.82, 2.24) is 9.80 Å². The van der Waals surface area contributed by atoms with E-state index in [2.05, 4.69) is 77.1 Å². The van der Waals surface area contributed by atoms with Gasteiger partial charge in [-0.1, -0.05) is 68.1 Å². The van der Waals surface area contributed by atoms with Crippen LogP contribution in [0, 0.1) is 23.2 Å². The maximum absolute atomic E-state index is 14.3. The van der Waals surface area contributed by atoms with Crippen LogP contribution in [0.3, 0.4) is 0 Å². The molecule has 7 heteroatoms. The van der Waals surface area contributed by atoms with Gasteiger partial charge in [-0.05, 0) is 94.1 Å². The van der Waals surface area contributed by atoms with Gasteiger partial charge in [-0.3, -0.25) is 4.79 Å². The van der Waals surface area contributed by atoms with Crippen LogP contribution in [0.2, 0.25) is 0 Å². The molecular formula is C40H54N4O3. The molecule has 7 nitrogen and oxygen atoms in total. The van der Waals surface area contributed by atoms with Crippen molar-refractivity contribution >= 4 is 18.5 Å². The summed E-state index contributed by atoms with van der Waals surface area (Å²) < 4.78 is 11.7. The number of carbonyl (C=O) groups excluding carboxylic acids is 1. The number of hydrogen-bond donors (Lipinski definition) is 0. The summed E-state index contributed by atoms with van der Waals surface area (Å²) in [6.45, 7) is 19.0. The van der Waals surface area contributed by atoms with Crippen LogP contribution in [0.25, 0.3) is 0 Å². The van der Waals surface area contributed by atoms with Crippen molar-refractivity contribution in [2.75, 3.05) is 33.9 Å². The third kappa shape index (κ3) is 7.34. The lowest BCUT2D eigenvalue weighted by Crippen LogP contribution is -2.45. The third-order valence-corrected chi connectivity index (χ3v) is 10.9. The molecule has 3 unspecified atom stereocenters. The van der Waals surface area contributed by atoms with E-state index in [1.807, 2.05) is 25.1 Å². The molecule has 0 spiro atoms. The molecule has 2 aromatic rings. The van der Waals surface area contributed by atoms with Gasteiger partial charge in [0.2, 0.25) is 5.91 Å². The minimum atomic E-state index is -0.263. The fourth-order valence-corrected chi connectivity index (χ4v) is 9.03. The van der Waals surface area contributed by atoms with Crippen LogP contribution in [0.4, 0.5) is 0 Å². The summed E-state index contributed by atoms with van der Waals surface area (Å²) in [5.41, 5.74) is 3.96. The predicted octanol–water partition coefficient (Wildman–Crippen LogP) is 8.28. The zero-order valence-corrected chi connectivity index (χ0v) is 29.0. The highest BCUT2D eigenvalue weighted by Crippen LogP contribution is 2.66. The zero-order chi connectivity index (χ0) is 33.6. The van der Waals surface area contributed by atoms with E-state index in [0.29, 0.717) is 49.3 Å². The third-order valence-electron chi connectivity index (χ3n) is 10.9. The van der Waals surface area contributed by atoms with E-state index in [1.54, 1.807) is 14.2 Å². The van der Waals surface area contributed by atoms with Gasteiger partial charge >= 0.3 is 0 Å². The number of methoxy groups -OCH3 is 2. The lowest BCUT2D eigenvalue weighted by Gasteiger charge is -2.37. The van der Waals surface area contributed by atoms with Crippen LogP contribution in [0.1, 0.15) is 82.3 Å². The summed E-state index contributed by atoms with van der Waals surface area (Å²) in [5, 5.41) is 8.72. The van der Waals surface area contributed by atoms with Gasteiger partial charge in [-0.25, -0.2) is 0 Å². The minimum Gasteiger partial charge on any atom is -0.493 e. The Hall–Kier alpha value is -3.87. The minimum absolute atomic E-state index is 0.114. The number of benzene rings is 2. The quantitative estimate of drug-likeness (QED) is 0.0757. The predicted molar refractivity (Wildman–Crippen MR) is 192 cm³/mol. The fraction of sp³-hybridized carbons (Fsp3) is 0.525. The van der Waals surface area contributed by atoms with Crippen molar-refractivity contribution in [2.24, 2.45) is 33.4 Å². The summed E-state index contributed by atoms with van der Waals surface area (Å²) in [4.78, 5) is 18.6. The summed E-state index contributed by atoms with van der Waals surface area (Å²) >= 11 is 0.